The Hall–Kier alpha value is 0.310. The van der Waals surface area contributed by atoms with Gasteiger partial charge in [-0.15, -0.1) is 0 Å². The Kier molecular flexibility index (Phi) is 1.71. The lowest BCUT2D eigenvalue weighted by Gasteiger charge is -2.50. The minimum absolute atomic E-state index is 0.258. The first-order valence-electron chi connectivity index (χ1n) is 5.82. The van der Waals surface area contributed by atoms with Gasteiger partial charge in [0.2, 0.25) is 0 Å². The molecule has 1 aliphatic heterocycles. The van der Waals surface area contributed by atoms with Crippen LogP contribution in [0.3, 0.4) is 0 Å². The smallest absolute Gasteiger partial charge is 0.0727 e. The van der Waals surface area contributed by atoms with E-state index in [2.05, 4.69) is 25.6 Å². The van der Waals surface area contributed by atoms with Crippen LogP contribution in [0.4, 0.5) is 0 Å². The van der Waals surface area contributed by atoms with Gasteiger partial charge in [-0.1, -0.05) is 13.8 Å². The van der Waals surface area contributed by atoms with E-state index in [9.17, 15) is 5.11 Å². The number of rotatable bonds is 0. The molecule has 0 amide bonds. The number of thioether (sulfide) groups is 1. The van der Waals surface area contributed by atoms with Crippen LogP contribution >= 0.6 is 11.8 Å². The highest BCUT2D eigenvalue weighted by molar-refractivity contribution is 7.99. The molecule has 0 radical (unpaired) electrons. The van der Waals surface area contributed by atoms with Gasteiger partial charge in [0.25, 0.3) is 0 Å². The van der Waals surface area contributed by atoms with Crippen molar-refractivity contribution in [2.24, 2.45) is 16.7 Å². The zero-order chi connectivity index (χ0) is 10.0. The van der Waals surface area contributed by atoms with Gasteiger partial charge in [0.1, 0.15) is 0 Å². The summed E-state index contributed by atoms with van der Waals surface area (Å²) in [7, 11) is 0. The van der Waals surface area contributed by atoms with Crippen LogP contribution in [-0.2, 0) is 0 Å². The summed E-state index contributed by atoms with van der Waals surface area (Å²) in [6.45, 7) is 4.79. The molecule has 80 valence electrons. The van der Waals surface area contributed by atoms with Crippen LogP contribution in [0.25, 0.3) is 0 Å². The van der Waals surface area contributed by atoms with Crippen molar-refractivity contribution in [2.75, 3.05) is 11.5 Å². The summed E-state index contributed by atoms with van der Waals surface area (Å²) >= 11 is 2.06. The molecule has 0 aromatic heterocycles. The van der Waals surface area contributed by atoms with Gasteiger partial charge in [-0.2, -0.15) is 11.8 Å². The molecule has 1 saturated heterocycles. The first kappa shape index (κ1) is 9.53. The Morgan fingerprint density at radius 2 is 2.07 bits per heavy atom. The quantitative estimate of drug-likeness (QED) is 0.666. The molecule has 0 aromatic carbocycles. The maximum absolute atomic E-state index is 10.8. The van der Waals surface area contributed by atoms with E-state index < -0.39 is 0 Å². The average Bonchev–Trinajstić information content (AvgIpc) is 2.46. The Balaban J connectivity index is 2.10. The van der Waals surface area contributed by atoms with Gasteiger partial charge in [0.15, 0.2) is 0 Å². The molecule has 2 saturated carbocycles. The van der Waals surface area contributed by atoms with Crippen molar-refractivity contribution < 1.29 is 5.11 Å². The molecule has 1 nitrogen and oxygen atoms in total. The Morgan fingerprint density at radius 1 is 1.29 bits per heavy atom. The van der Waals surface area contributed by atoms with Gasteiger partial charge in [-0.05, 0) is 42.8 Å². The van der Waals surface area contributed by atoms with Gasteiger partial charge >= 0.3 is 0 Å². The second-order valence-electron chi connectivity index (χ2n) is 6.08. The zero-order valence-electron chi connectivity index (χ0n) is 9.18. The maximum atomic E-state index is 10.8. The molecule has 3 fully saturated rings. The monoisotopic (exact) mass is 212 g/mol. The lowest BCUT2D eigenvalue weighted by Crippen LogP contribution is -2.53. The normalized spacial score (nSPS) is 54.6. The fourth-order valence-electron chi connectivity index (χ4n) is 4.51. The Bertz CT molecular complexity index is 275. The summed E-state index contributed by atoms with van der Waals surface area (Å²) in [6, 6.07) is 0. The third-order valence-electron chi connectivity index (χ3n) is 5.66. The van der Waals surface area contributed by atoms with Gasteiger partial charge in [0.05, 0.1) is 5.60 Å². The highest BCUT2D eigenvalue weighted by Gasteiger charge is 2.70. The number of aliphatic hydroxyl groups is 1. The van der Waals surface area contributed by atoms with Crippen molar-refractivity contribution in [1.82, 2.24) is 0 Å². The number of hydrogen-bond donors (Lipinski definition) is 1. The molecule has 2 heteroatoms. The number of hydrogen-bond acceptors (Lipinski definition) is 2. The fourth-order valence-corrected chi connectivity index (χ4v) is 6.27. The molecule has 14 heavy (non-hydrogen) atoms. The molecular weight excluding hydrogens is 192 g/mol. The molecule has 0 unspecified atom stereocenters. The molecule has 2 aliphatic carbocycles. The summed E-state index contributed by atoms with van der Waals surface area (Å²) < 4.78 is 0. The van der Waals surface area contributed by atoms with Crippen molar-refractivity contribution >= 4 is 11.8 Å². The minimum atomic E-state index is -0.301. The van der Waals surface area contributed by atoms with E-state index in [4.69, 9.17) is 0 Å². The minimum Gasteiger partial charge on any atom is -0.389 e. The summed E-state index contributed by atoms with van der Waals surface area (Å²) in [5, 5.41) is 10.8. The SMILES string of the molecule is CC1(C)[C@@H]2CC[C@]13CSCC[C@@]3(O)C2. The largest absolute Gasteiger partial charge is 0.389 e. The van der Waals surface area contributed by atoms with Crippen LogP contribution in [0.5, 0.6) is 0 Å². The van der Waals surface area contributed by atoms with Crippen molar-refractivity contribution in [3.63, 3.8) is 0 Å². The number of fused-ring (bicyclic) bond motifs is 1. The predicted molar refractivity (Wildman–Crippen MR) is 60.4 cm³/mol. The van der Waals surface area contributed by atoms with Crippen LogP contribution in [0, 0.1) is 16.7 Å². The van der Waals surface area contributed by atoms with Crippen molar-refractivity contribution in [2.45, 2.75) is 45.1 Å². The summed E-state index contributed by atoms with van der Waals surface area (Å²) in [5.41, 5.74) is 0.341. The highest BCUT2D eigenvalue weighted by atomic mass is 32.2. The second-order valence-corrected chi connectivity index (χ2v) is 7.18. The fraction of sp³-hybridized carbons (Fsp3) is 1.00. The standard InChI is InChI=1S/C12H20OS/c1-10(2)9-3-4-11(10)8-14-6-5-12(11,13)7-9/h9,13H,3-8H2,1-2H3/t9-,11+,12-/m1/s1. The third kappa shape index (κ3) is 0.802. The van der Waals surface area contributed by atoms with Crippen molar-refractivity contribution in [1.29, 1.82) is 0 Å². The molecule has 1 N–H and O–H groups in total. The second kappa shape index (κ2) is 2.52. The highest BCUT2D eigenvalue weighted by Crippen LogP contribution is 2.72. The molecule has 1 heterocycles. The van der Waals surface area contributed by atoms with Crippen molar-refractivity contribution in [3.8, 4) is 0 Å². The van der Waals surface area contributed by atoms with E-state index in [-0.39, 0.29) is 11.0 Å². The van der Waals surface area contributed by atoms with Crippen LogP contribution in [-0.4, -0.2) is 22.2 Å². The average molecular weight is 212 g/mol. The molecular formula is C12H20OS. The van der Waals surface area contributed by atoms with E-state index in [1.807, 2.05) is 0 Å². The van der Waals surface area contributed by atoms with Crippen molar-refractivity contribution in [3.05, 3.63) is 0 Å². The molecule has 2 bridgehead atoms. The Morgan fingerprint density at radius 3 is 2.71 bits per heavy atom. The molecule has 0 aromatic rings. The summed E-state index contributed by atoms with van der Waals surface area (Å²) in [6.07, 6.45) is 4.75. The zero-order valence-corrected chi connectivity index (χ0v) is 9.99. The lowest BCUT2D eigenvalue weighted by molar-refractivity contribution is -0.0909. The summed E-state index contributed by atoms with van der Waals surface area (Å²) in [4.78, 5) is 0. The van der Waals surface area contributed by atoms with Crippen LogP contribution in [0.15, 0.2) is 0 Å². The van der Waals surface area contributed by atoms with Gasteiger partial charge in [0, 0.05) is 11.2 Å². The van der Waals surface area contributed by atoms with Crippen LogP contribution in [0.1, 0.15) is 39.5 Å². The predicted octanol–water partition coefficient (Wildman–Crippen LogP) is 2.68. The van der Waals surface area contributed by atoms with E-state index in [0.717, 1.165) is 18.8 Å². The topological polar surface area (TPSA) is 20.2 Å². The first-order chi connectivity index (χ1) is 6.52. The third-order valence-corrected chi connectivity index (χ3v) is 6.85. The van der Waals surface area contributed by atoms with Crippen LogP contribution in [0.2, 0.25) is 0 Å². The van der Waals surface area contributed by atoms with E-state index in [1.54, 1.807) is 0 Å². The molecule has 3 atom stereocenters. The Labute approximate surface area is 90.7 Å². The molecule has 3 rings (SSSR count). The maximum Gasteiger partial charge on any atom is 0.0727 e. The first-order valence-corrected chi connectivity index (χ1v) is 6.98. The van der Waals surface area contributed by atoms with E-state index in [0.29, 0.717) is 5.41 Å². The van der Waals surface area contributed by atoms with Gasteiger partial charge < -0.3 is 5.11 Å². The van der Waals surface area contributed by atoms with Crippen LogP contribution < -0.4 is 0 Å². The van der Waals surface area contributed by atoms with E-state index in [1.165, 1.54) is 24.3 Å². The lowest BCUT2D eigenvalue weighted by atomic mass is 9.63. The van der Waals surface area contributed by atoms with Gasteiger partial charge in [-0.25, -0.2) is 0 Å². The summed E-state index contributed by atoms with van der Waals surface area (Å²) in [5.74, 6) is 3.15. The molecule has 1 spiro atoms. The van der Waals surface area contributed by atoms with E-state index >= 15 is 0 Å². The van der Waals surface area contributed by atoms with Gasteiger partial charge in [-0.3, -0.25) is 0 Å². The molecule has 3 aliphatic rings.